The van der Waals surface area contributed by atoms with Crippen LogP contribution in [0.1, 0.15) is 55.6 Å². The fraction of sp³-hybridized carbons (Fsp3) is 0.378. The Morgan fingerprint density at radius 2 is 1.74 bits per heavy atom. The van der Waals surface area contributed by atoms with Crippen LogP contribution in [0, 0.1) is 5.92 Å². The summed E-state index contributed by atoms with van der Waals surface area (Å²) in [6, 6.07) is 14.2. The van der Waals surface area contributed by atoms with E-state index in [1.54, 1.807) is 33.5 Å². The van der Waals surface area contributed by atoms with Crippen LogP contribution in [0.25, 0.3) is 22.0 Å². The third kappa shape index (κ3) is 5.88. The number of rotatable bonds is 8. The fourth-order valence-electron chi connectivity index (χ4n) is 7.09. The molecule has 0 fully saturated rings. The van der Waals surface area contributed by atoms with Gasteiger partial charge in [-0.25, -0.2) is 0 Å². The van der Waals surface area contributed by atoms with Crippen LogP contribution in [0.15, 0.2) is 53.3 Å². The molecule has 246 valence electrons. The van der Waals surface area contributed by atoms with Crippen molar-refractivity contribution in [2.75, 3.05) is 33.2 Å². The monoisotopic (exact) mass is 638 g/mol. The van der Waals surface area contributed by atoms with Crippen molar-refractivity contribution in [1.29, 1.82) is 0 Å². The first-order valence-corrected chi connectivity index (χ1v) is 16.1. The molecular formula is C37H42N4O6. The van der Waals surface area contributed by atoms with Gasteiger partial charge in [-0.15, -0.1) is 0 Å². The van der Waals surface area contributed by atoms with Crippen molar-refractivity contribution in [3.63, 3.8) is 0 Å². The number of benzene rings is 2. The van der Waals surface area contributed by atoms with Crippen LogP contribution in [0.4, 0.5) is 5.69 Å². The molecule has 1 aliphatic carbocycles. The minimum Gasteiger partial charge on any atom is -0.493 e. The third-order valence-electron chi connectivity index (χ3n) is 9.35. The maximum atomic E-state index is 14.1. The van der Waals surface area contributed by atoms with E-state index in [0.29, 0.717) is 54.4 Å². The SMILES string of the molecule is COc1cc2c(c(OC)c1OC)-c1ccc(N[C@@H](C(=O)N3CCc4c([nH]c5ccccc45)C3)C(C)C)c(=O)cc1[C@H](NC(C)=O)CC2. The predicted molar refractivity (Wildman–Crippen MR) is 182 cm³/mol. The number of nitrogens with zero attached hydrogens (tertiary/aromatic N) is 1. The molecule has 3 N–H and O–H groups in total. The van der Waals surface area contributed by atoms with Gasteiger partial charge in [-0.2, -0.15) is 0 Å². The van der Waals surface area contributed by atoms with Gasteiger partial charge in [0.2, 0.25) is 23.0 Å². The molecule has 2 atom stereocenters. The van der Waals surface area contributed by atoms with Gasteiger partial charge in [0.15, 0.2) is 11.5 Å². The predicted octanol–water partition coefficient (Wildman–Crippen LogP) is 5.37. The number of fused-ring (bicyclic) bond motifs is 6. The number of anilines is 1. The van der Waals surface area contributed by atoms with E-state index < -0.39 is 12.1 Å². The molecule has 10 nitrogen and oxygen atoms in total. The van der Waals surface area contributed by atoms with Gasteiger partial charge in [-0.3, -0.25) is 14.4 Å². The zero-order valence-electron chi connectivity index (χ0n) is 27.8. The van der Waals surface area contributed by atoms with Crippen molar-refractivity contribution in [3.8, 4) is 28.4 Å². The highest BCUT2D eigenvalue weighted by Crippen LogP contribution is 2.50. The van der Waals surface area contributed by atoms with Crippen molar-refractivity contribution in [1.82, 2.24) is 15.2 Å². The molecule has 0 radical (unpaired) electrons. The Bertz CT molecular complexity index is 1920. The third-order valence-corrected chi connectivity index (χ3v) is 9.35. The van der Waals surface area contributed by atoms with Gasteiger partial charge >= 0.3 is 0 Å². The van der Waals surface area contributed by atoms with E-state index in [2.05, 4.69) is 27.8 Å². The lowest BCUT2D eigenvalue weighted by atomic mass is 9.95. The van der Waals surface area contributed by atoms with Crippen LogP contribution in [0.5, 0.6) is 17.2 Å². The number of carbonyl (C=O) groups excluding carboxylic acids is 2. The highest BCUT2D eigenvalue weighted by Gasteiger charge is 2.33. The number of ether oxygens (including phenoxy) is 3. The number of aryl methyl sites for hydroxylation is 1. The van der Waals surface area contributed by atoms with E-state index >= 15 is 0 Å². The summed E-state index contributed by atoms with van der Waals surface area (Å²) in [5.74, 6) is 1.10. The van der Waals surface area contributed by atoms with Gasteiger partial charge in [0.25, 0.3) is 0 Å². The molecule has 3 aromatic carbocycles. The second kappa shape index (κ2) is 13.0. The number of H-pyrrole nitrogens is 1. The summed E-state index contributed by atoms with van der Waals surface area (Å²) in [5, 5.41) is 7.57. The molecule has 10 heteroatoms. The largest absolute Gasteiger partial charge is 0.493 e. The van der Waals surface area contributed by atoms with Crippen LogP contribution in [-0.2, 0) is 29.0 Å². The molecule has 2 aliphatic rings. The quantitative estimate of drug-likeness (QED) is 0.237. The molecular weight excluding hydrogens is 596 g/mol. The van der Waals surface area contributed by atoms with Gasteiger partial charge in [-0.1, -0.05) is 38.1 Å². The van der Waals surface area contributed by atoms with Gasteiger partial charge in [0.1, 0.15) is 6.04 Å². The lowest BCUT2D eigenvalue weighted by molar-refractivity contribution is -0.134. The zero-order chi connectivity index (χ0) is 33.4. The molecule has 0 unspecified atom stereocenters. The summed E-state index contributed by atoms with van der Waals surface area (Å²) in [7, 11) is 4.70. The number of para-hydroxylation sites is 1. The number of methoxy groups -OCH3 is 3. The number of aromatic nitrogens is 1. The summed E-state index contributed by atoms with van der Waals surface area (Å²) in [6.07, 6.45) is 1.92. The number of carbonyl (C=O) groups is 2. The molecule has 0 saturated carbocycles. The topological polar surface area (TPSA) is 122 Å². The van der Waals surface area contributed by atoms with E-state index in [1.807, 2.05) is 43.0 Å². The van der Waals surface area contributed by atoms with Crippen LogP contribution in [0.2, 0.25) is 0 Å². The van der Waals surface area contributed by atoms with Crippen LogP contribution < -0.4 is 30.3 Å². The Kier molecular flexibility index (Phi) is 8.86. The number of hydrogen-bond donors (Lipinski definition) is 3. The first-order chi connectivity index (χ1) is 22.6. The molecule has 1 aliphatic heterocycles. The summed E-state index contributed by atoms with van der Waals surface area (Å²) < 4.78 is 17.2. The second-order valence-electron chi connectivity index (χ2n) is 12.6. The summed E-state index contributed by atoms with van der Waals surface area (Å²) in [4.78, 5) is 45.7. The molecule has 0 spiro atoms. The Labute approximate surface area is 274 Å². The van der Waals surface area contributed by atoms with Crippen molar-refractivity contribution in [3.05, 3.63) is 81.1 Å². The standard InChI is InChI=1S/C37H42N4O6/c1-20(2)34(37(44)41-16-15-24-23-9-7-8-10-27(23)39-30(24)19-41)40-29-14-12-25-26(18-31(29)43)28(38-21(3)42)13-11-22-17-32(45-4)35(46-5)36(47-6)33(22)25/h7-10,12,14,17-18,20,28,34,39H,11,13,15-16,19H2,1-6H3,(H,38,42)(H,40,43)/t28-,34-/m1/s1. The van der Waals surface area contributed by atoms with Gasteiger partial charge in [0.05, 0.1) is 39.6 Å². The van der Waals surface area contributed by atoms with E-state index in [0.717, 1.165) is 34.3 Å². The van der Waals surface area contributed by atoms with Gasteiger partial charge in [0, 0.05) is 35.6 Å². The fourth-order valence-corrected chi connectivity index (χ4v) is 7.09. The van der Waals surface area contributed by atoms with E-state index in [4.69, 9.17) is 14.2 Å². The summed E-state index contributed by atoms with van der Waals surface area (Å²) in [6.45, 7) is 6.50. The average molecular weight is 639 g/mol. The van der Waals surface area contributed by atoms with Crippen molar-refractivity contribution < 1.29 is 23.8 Å². The van der Waals surface area contributed by atoms with Gasteiger partial charge in [-0.05, 0) is 71.7 Å². The average Bonchev–Trinajstić information content (AvgIpc) is 3.27. The Balaban J connectivity index is 1.40. The molecule has 2 amide bonds. The van der Waals surface area contributed by atoms with Gasteiger partial charge < -0.3 is 34.7 Å². The normalized spacial score (nSPS) is 16.0. The van der Waals surface area contributed by atoms with E-state index in [9.17, 15) is 14.4 Å². The Morgan fingerprint density at radius 3 is 2.45 bits per heavy atom. The highest BCUT2D eigenvalue weighted by atomic mass is 16.5. The lowest BCUT2D eigenvalue weighted by Crippen LogP contribution is -2.47. The number of amides is 2. The first-order valence-electron chi connectivity index (χ1n) is 16.1. The summed E-state index contributed by atoms with van der Waals surface area (Å²) in [5.41, 5.74) is 6.52. The minimum absolute atomic E-state index is 0.0586. The number of hydrogen-bond acceptors (Lipinski definition) is 7. The van der Waals surface area contributed by atoms with Crippen LogP contribution in [-0.4, -0.2) is 55.6 Å². The van der Waals surface area contributed by atoms with Crippen molar-refractivity contribution in [2.45, 2.75) is 58.7 Å². The molecule has 4 aromatic rings. The van der Waals surface area contributed by atoms with Crippen LogP contribution in [0.3, 0.4) is 0 Å². The molecule has 1 aromatic heterocycles. The Hall–Kier alpha value is -4.99. The van der Waals surface area contributed by atoms with Crippen molar-refractivity contribution in [2.24, 2.45) is 5.92 Å². The molecule has 2 heterocycles. The smallest absolute Gasteiger partial charge is 0.245 e. The lowest BCUT2D eigenvalue weighted by Gasteiger charge is -2.32. The molecule has 0 saturated heterocycles. The van der Waals surface area contributed by atoms with Crippen molar-refractivity contribution >= 4 is 28.4 Å². The van der Waals surface area contributed by atoms with E-state index in [-0.39, 0.29) is 23.2 Å². The molecule has 6 rings (SSSR count). The maximum absolute atomic E-state index is 14.1. The van der Waals surface area contributed by atoms with Crippen LogP contribution >= 0.6 is 0 Å². The second-order valence-corrected chi connectivity index (χ2v) is 12.6. The maximum Gasteiger partial charge on any atom is 0.245 e. The molecule has 47 heavy (non-hydrogen) atoms. The molecule has 0 bridgehead atoms. The number of nitrogens with one attached hydrogen (secondary N) is 3. The minimum atomic E-state index is -0.631. The summed E-state index contributed by atoms with van der Waals surface area (Å²) >= 11 is 0. The number of aromatic amines is 1. The van der Waals surface area contributed by atoms with E-state index in [1.165, 1.54) is 17.9 Å². The highest BCUT2D eigenvalue weighted by molar-refractivity contribution is 5.88. The Morgan fingerprint density at radius 1 is 0.979 bits per heavy atom. The first kappa shape index (κ1) is 32.0. The zero-order valence-corrected chi connectivity index (χ0v) is 27.8.